The summed E-state index contributed by atoms with van der Waals surface area (Å²) in [4.78, 5) is 0. The van der Waals surface area contributed by atoms with E-state index in [4.69, 9.17) is 18.4 Å². The van der Waals surface area contributed by atoms with Crippen molar-refractivity contribution in [3.8, 4) is 0 Å². The van der Waals surface area contributed by atoms with Crippen molar-refractivity contribution in [2.45, 2.75) is 45.3 Å². The van der Waals surface area contributed by atoms with E-state index in [-0.39, 0.29) is 0 Å². The van der Waals surface area contributed by atoms with Crippen LogP contribution in [0.25, 0.3) is 0 Å². The minimum atomic E-state index is -2.17. The average molecular weight is 352 g/mol. The van der Waals surface area contributed by atoms with E-state index in [1.807, 2.05) is 0 Å². The second-order valence-electron chi connectivity index (χ2n) is 5.58. The fraction of sp³-hybridized carbons (Fsp3) is 1.00. The maximum Gasteiger partial charge on any atom is 0.322 e. The molecule has 0 rings (SSSR count). The van der Waals surface area contributed by atoms with Crippen LogP contribution in [0.2, 0.25) is 45.3 Å². The highest BCUT2D eigenvalue weighted by molar-refractivity contribution is 6.82. The van der Waals surface area contributed by atoms with Crippen LogP contribution in [0.15, 0.2) is 0 Å². The van der Waals surface area contributed by atoms with Gasteiger partial charge < -0.3 is 23.7 Å². The van der Waals surface area contributed by atoms with E-state index in [0.717, 1.165) is 34.9 Å². The topological polar surface area (TPSA) is 65.7 Å². The Hall–Kier alpha value is 0.668. The number of nitrogens with one attached hydrogen (secondary N) is 1. The molecule has 0 aromatic heterocycles. The molecule has 1 unspecified atom stereocenters. The number of nitrogens with two attached hydrogens (primary N) is 1. The Morgan fingerprint density at radius 1 is 1.20 bits per heavy atom. The van der Waals surface area contributed by atoms with Crippen molar-refractivity contribution in [3.05, 3.63) is 0 Å². The maximum absolute atomic E-state index is 6.41. The molecular formula is C11H31N2O3Si4. The van der Waals surface area contributed by atoms with Gasteiger partial charge in [0, 0.05) is 25.4 Å². The molecule has 0 spiro atoms. The van der Waals surface area contributed by atoms with E-state index < -0.39 is 26.2 Å². The molecule has 5 nitrogen and oxygen atoms in total. The van der Waals surface area contributed by atoms with Gasteiger partial charge in [-0.25, -0.2) is 0 Å². The second kappa shape index (κ2) is 10.4. The van der Waals surface area contributed by atoms with Gasteiger partial charge in [-0.05, 0) is 39.3 Å². The highest BCUT2D eigenvalue weighted by atomic mass is 28.5. The number of rotatable bonds is 12. The second-order valence-corrected chi connectivity index (χ2v) is 15.9. The van der Waals surface area contributed by atoms with E-state index in [1.165, 1.54) is 0 Å². The molecule has 20 heavy (non-hydrogen) atoms. The highest BCUT2D eigenvalue weighted by Gasteiger charge is 2.40. The van der Waals surface area contributed by atoms with Crippen molar-refractivity contribution in [3.63, 3.8) is 0 Å². The molecule has 3 radical (unpaired) electrons. The van der Waals surface area contributed by atoms with E-state index >= 15 is 0 Å². The van der Waals surface area contributed by atoms with Crippen LogP contribution >= 0.6 is 0 Å². The summed E-state index contributed by atoms with van der Waals surface area (Å²) >= 11 is 0. The molecule has 0 aliphatic carbocycles. The summed E-state index contributed by atoms with van der Waals surface area (Å²) < 4.78 is 18.6. The van der Waals surface area contributed by atoms with Crippen LogP contribution in [0.1, 0.15) is 0 Å². The Kier molecular flexibility index (Phi) is 10.8. The van der Waals surface area contributed by atoms with Gasteiger partial charge in [-0.15, -0.1) is 0 Å². The number of hydrogen-bond acceptors (Lipinski definition) is 5. The molecule has 0 bridgehead atoms. The van der Waals surface area contributed by atoms with Gasteiger partial charge in [0.25, 0.3) is 0 Å². The Bertz CT molecular complexity index is 260. The molecule has 0 saturated heterocycles. The quantitative estimate of drug-likeness (QED) is 0.410. The molecule has 9 heteroatoms. The summed E-state index contributed by atoms with van der Waals surface area (Å²) in [7, 11) is -4.22. The lowest BCUT2D eigenvalue weighted by Crippen LogP contribution is -2.53. The monoisotopic (exact) mass is 351 g/mol. The van der Waals surface area contributed by atoms with E-state index in [2.05, 4.69) is 44.6 Å². The van der Waals surface area contributed by atoms with Gasteiger partial charge in [-0.3, -0.25) is 0 Å². The van der Waals surface area contributed by atoms with Crippen molar-refractivity contribution >= 4 is 35.7 Å². The molecular weight excluding hydrogens is 320 g/mol. The molecule has 0 fully saturated rings. The smallest absolute Gasteiger partial charge is 0.322 e. The molecule has 0 aromatic rings. The van der Waals surface area contributed by atoms with Crippen LogP contribution in [-0.4, -0.2) is 61.5 Å². The summed E-state index contributed by atoms with van der Waals surface area (Å²) in [6.07, 6.45) is 0.797. The van der Waals surface area contributed by atoms with Crippen LogP contribution in [0.5, 0.6) is 0 Å². The molecule has 0 saturated carbocycles. The van der Waals surface area contributed by atoms with E-state index in [9.17, 15) is 0 Å². The van der Waals surface area contributed by atoms with Gasteiger partial charge in [0.15, 0.2) is 9.04 Å². The third-order valence-electron chi connectivity index (χ3n) is 2.52. The first-order valence-corrected chi connectivity index (χ1v) is 16.6. The zero-order valence-electron chi connectivity index (χ0n) is 13.8. The van der Waals surface area contributed by atoms with E-state index in [1.54, 1.807) is 0 Å². The Balaban J connectivity index is 4.50. The largest absolute Gasteiger partial charge is 0.436 e. The van der Waals surface area contributed by atoms with Gasteiger partial charge in [0.05, 0.1) is 9.52 Å². The first kappa shape index (κ1) is 20.7. The van der Waals surface area contributed by atoms with Gasteiger partial charge in [-0.1, -0.05) is 6.55 Å². The lowest BCUT2D eigenvalue weighted by molar-refractivity contribution is 0.264. The lowest BCUT2D eigenvalue weighted by Gasteiger charge is -2.36. The molecule has 0 heterocycles. The Morgan fingerprint density at radius 3 is 2.35 bits per heavy atom. The Labute approximate surface area is 131 Å². The first-order valence-electron chi connectivity index (χ1n) is 7.13. The molecule has 3 N–H and O–H groups in total. The molecule has 0 aromatic carbocycles. The summed E-state index contributed by atoms with van der Waals surface area (Å²) in [5, 5.41) is 3.33. The zero-order valence-corrected chi connectivity index (χ0v) is 17.8. The third-order valence-corrected chi connectivity index (χ3v) is 12.3. The number of hydrogen-bond donors (Lipinski definition) is 2. The minimum absolute atomic E-state index is 0.664. The zero-order chi connectivity index (χ0) is 15.6. The van der Waals surface area contributed by atoms with Gasteiger partial charge >= 0.3 is 17.1 Å². The standard InChI is InChI=1S/C11H31N2O3Si4/c1-17-11-14-19(4,5)16-20(6,15-18(2)3)10-9-13-8-7-12/h13H,7-12H2,1-6H3. The van der Waals surface area contributed by atoms with Crippen molar-refractivity contribution in [1.29, 1.82) is 0 Å². The molecule has 1 atom stereocenters. The molecule has 0 aliphatic rings. The lowest BCUT2D eigenvalue weighted by atomic mass is 10.6. The predicted octanol–water partition coefficient (Wildman–Crippen LogP) is 1.32. The van der Waals surface area contributed by atoms with Gasteiger partial charge in [-0.2, -0.15) is 0 Å². The van der Waals surface area contributed by atoms with Crippen LogP contribution in [0.3, 0.4) is 0 Å². The van der Waals surface area contributed by atoms with Crippen molar-refractivity contribution in [1.82, 2.24) is 5.32 Å². The fourth-order valence-electron chi connectivity index (χ4n) is 1.89. The van der Waals surface area contributed by atoms with Gasteiger partial charge in [0.2, 0.25) is 0 Å². The Morgan fingerprint density at radius 2 is 1.85 bits per heavy atom. The first-order chi connectivity index (χ1) is 9.24. The molecule has 119 valence electrons. The summed E-state index contributed by atoms with van der Waals surface area (Å²) in [6, 6.07) is 0.942. The minimum Gasteiger partial charge on any atom is -0.436 e. The normalized spacial score (nSPS) is 15.6. The highest BCUT2D eigenvalue weighted by Crippen LogP contribution is 2.21. The summed E-state index contributed by atoms with van der Waals surface area (Å²) in [5.41, 5.74) is 5.49. The van der Waals surface area contributed by atoms with Crippen LogP contribution < -0.4 is 11.1 Å². The van der Waals surface area contributed by atoms with Gasteiger partial charge in [0.1, 0.15) is 0 Å². The maximum atomic E-state index is 6.41. The van der Waals surface area contributed by atoms with Crippen LogP contribution in [0, 0.1) is 0 Å². The summed E-state index contributed by atoms with van der Waals surface area (Å²) in [5.74, 6) is 0. The average Bonchev–Trinajstić information content (AvgIpc) is 2.30. The van der Waals surface area contributed by atoms with Crippen molar-refractivity contribution in [2.75, 3.05) is 25.9 Å². The van der Waals surface area contributed by atoms with Crippen LogP contribution in [-0.2, 0) is 12.7 Å². The van der Waals surface area contributed by atoms with Crippen molar-refractivity contribution < 1.29 is 12.7 Å². The predicted molar refractivity (Wildman–Crippen MR) is 93.1 cm³/mol. The van der Waals surface area contributed by atoms with E-state index in [0.29, 0.717) is 6.54 Å². The van der Waals surface area contributed by atoms with Crippen LogP contribution in [0.4, 0.5) is 0 Å². The molecule has 0 aliphatic heterocycles. The van der Waals surface area contributed by atoms with Crippen molar-refractivity contribution in [2.24, 2.45) is 5.73 Å². The third kappa shape index (κ3) is 10.4. The fourth-order valence-corrected chi connectivity index (χ4v) is 13.7. The SMILES string of the molecule is C[Si]CO[Si](C)(C)O[Si](C)(CCNCCN)O[Si](C)C. The molecule has 0 amide bonds. The summed E-state index contributed by atoms with van der Waals surface area (Å²) in [6.45, 7) is 15.3.